The number of hydrogen-bond acceptors (Lipinski definition) is 3. The predicted octanol–water partition coefficient (Wildman–Crippen LogP) is 1.42. The Kier molecular flexibility index (Phi) is 6.18. The molecule has 0 aliphatic heterocycles. The summed E-state index contributed by atoms with van der Waals surface area (Å²) in [6.07, 6.45) is -0.185. The van der Waals surface area contributed by atoms with Crippen LogP contribution in [0.15, 0.2) is 28.7 Å². The lowest BCUT2D eigenvalue weighted by atomic mass is 10.1. The van der Waals surface area contributed by atoms with Gasteiger partial charge in [0, 0.05) is 11.0 Å². The number of carboxylic acid groups (broad SMARTS) is 1. The van der Waals surface area contributed by atoms with Crippen molar-refractivity contribution in [3.8, 4) is 0 Å². The van der Waals surface area contributed by atoms with Crippen molar-refractivity contribution in [2.45, 2.75) is 18.9 Å². The van der Waals surface area contributed by atoms with Gasteiger partial charge in [0.25, 0.3) is 0 Å². The lowest BCUT2D eigenvalue weighted by Crippen LogP contribution is -2.30. The molecule has 0 aromatic heterocycles. The van der Waals surface area contributed by atoms with Gasteiger partial charge in [0.15, 0.2) is 0 Å². The van der Waals surface area contributed by atoms with E-state index < -0.39 is 12.1 Å². The molecule has 1 atom stereocenters. The maximum atomic E-state index is 10.3. The van der Waals surface area contributed by atoms with Gasteiger partial charge in [-0.25, -0.2) is 0 Å². The van der Waals surface area contributed by atoms with Crippen molar-refractivity contribution in [1.29, 1.82) is 0 Å². The highest BCUT2D eigenvalue weighted by Crippen LogP contribution is 2.10. The minimum atomic E-state index is -0.979. The summed E-state index contributed by atoms with van der Waals surface area (Å²) in [6.45, 7) is 1.03. The summed E-state index contributed by atoms with van der Waals surface area (Å²) in [5, 5.41) is 20.8. The lowest BCUT2D eigenvalue weighted by molar-refractivity contribution is -0.139. The highest BCUT2D eigenvalue weighted by molar-refractivity contribution is 9.10. The Morgan fingerprint density at radius 1 is 1.35 bits per heavy atom. The zero-order chi connectivity index (χ0) is 12.7. The number of carboxylic acids is 1. The zero-order valence-corrected chi connectivity index (χ0v) is 11.0. The van der Waals surface area contributed by atoms with Crippen LogP contribution >= 0.6 is 15.9 Å². The summed E-state index contributed by atoms with van der Waals surface area (Å²) in [7, 11) is 0. The summed E-state index contributed by atoms with van der Waals surface area (Å²) in [6, 6.07) is 8.02. The normalized spacial score (nSPS) is 12.4. The fourth-order valence-electron chi connectivity index (χ4n) is 1.43. The van der Waals surface area contributed by atoms with Crippen LogP contribution in [0.5, 0.6) is 0 Å². The third kappa shape index (κ3) is 6.41. The zero-order valence-electron chi connectivity index (χ0n) is 9.40. The summed E-state index contributed by atoms with van der Waals surface area (Å²) in [5.41, 5.74) is 1.20. The first-order valence-corrected chi connectivity index (χ1v) is 6.22. The number of aliphatic hydroxyl groups is 1. The van der Waals surface area contributed by atoms with E-state index in [1.807, 2.05) is 24.3 Å². The Hall–Kier alpha value is -0.910. The molecule has 0 spiro atoms. The molecule has 0 amide bonds. The van der Waals surface area contributed by atoms with E-state index in [2.05, 4.69) is 21.2 Å². The molecule has 0 saturated carbocycles. The van der Waals surface area contributed by atoms with Crippen molar-refractivity contribution in [2.24, 2.45) is 0 Å². The quantitative estimate of drug-likeness (QED) is 0.666. The van der Waals surface area contributed by atoms with E-state index >= 15 is 0 Å². The van der Waals surface area contributed by atoms with E-state index in [0.717, 1.165) is 17.4 Å². The van der Waals surface area contributed by atoms with Crippen LogP contribution in [0.3, 0.4) is 0 Å². The Morgan fingerprint density at radius 3 is 2.59 bits per heavy atom. The smallest absolute Gasteiger partial charge is 0.306 e. The number of rotatable bonds is 7. The first-order chi connectivity index (χ1) is 8.08. The average molecular weight is 302 g/mol. The molecule has 1 rings (SSSR count). The number of hydrogen-bond donors (Lipinski definition) is 3. The van der Waals surface area contributed by atoms with Gasteiger partial charge in [-0.1, -0.05) is 28.1 Å². The molecule has 1 aromatic rings. The molecule has 0 saturated heterocycles. The van der Waals surface area contributed by atoms with Crippen LogP contribution in [0.4, 0.5) is 0 Å². The second kappa shape index (κ2) is 7.42. The maximum Gasteiger partial charge on any atom is 0.306 e. The SMILES string of the molecule is O=C(O)CC(O)CNCCc1ccc(Br)cc1. The molecule has 17 heavy (non-hydrogen) atoms. The van der Waals surface area contributed by atoms with E-state index in [-0.39, 0.29) is 6.42 Å². The number of benzene rings is 1. The molecule has 0 radical (unpaired) electrons. The Balaban J connectivity index is 2.15. The topological polar surface area (TPSA) is 69.6 Å². The molecule has 94 valence electrons. The molecule has 5 heteroatoms. The molecule has 0 fully saturated rings. The van der Waals surface area contributed by atoms with E-state index in [1.54, 1.807) is 0 Å². The van der Waals surface area contributed by atoms with Crippen molar-refractivity contribution in [2.75, 3.05) is 13.1 Å². The molecule has 0 bridgehead atoms. The van der Waals surface area contributed by atoms with Gasteiger partial charge >= 0.3 is 5.97 Å². The van der Waals surface area contributed by atoms with Crippen molar-refractivity contribution in [3.05, 3.63) is 34.3 Å². The van der Waals surface area contributed by atoms with Gasteiger partial charge in [-0.15, -0.1) is 0 Å². The number of aliphatic hydroxyl groups excluding tert-OH is 1. The van der Waals surface area contributed by atoms with E-state index in [4.69, 9.17) is 5.11 Å². The fourth-order valence-corrected chi connectivity index (χ4v) is 1.69. The van der Waals surface area contributed by atoms with Gasteiger partial charge in [-0.05, 0) is 30.7 Å². The Bertz CT molecular complexity index is 353. The van der Waals surface area contributed by atoms with Crippen molar-refractivity contribution in [1.82, 2.24) is 5.32 Å². The maximum absolute atomic E-state index is 10.3. The van der Waals surface area contributed by atoms with Crippen LogP contribution in [0.25, 0.3) is 0 Å². The van der Waals surface area contributed by atoms with Crippen molar-refractivity contribution >= 4 is 21.9 Å². The van der Waals surface area contributed by atoms with Crippen LogP contribution in [-0.4, -0.2) is 35.4 Å². The summed E-state index contributed by atoms with van der Waals surface area (Å²) < 4.78 is 1.05. The largest absolute Gasteiger partial charge is 0.481 e. The van der Waals surface area contributed by atoms with Crippen LogP contribution in [0, 0.1) is 0 Å². The molecule has 0 aliphatic rings. The molecule has 0 heterocycles. The van der Waals surface area contributed by atoms with Gasteiger partial charge in [0.2, 0.25) is 0 Å². The van der Waals surface area contributed by atoms with Crippen LogP contribution < -0.4 is 5.32 Å². The molecule has 0 aliphatic carbocycles. The number of aliphatic carboxylic acids is 1. The molecule has 4 nitrogen and oxygen atoms in total. The molecule has 1 unspecified atom stereocenters. The van der Waals surface area contributed by atoms with E-state index in [9.17, 15) is 9.90 Å². The first kappa shape index (κ1) is 14.2. The number of carbonyl (C=O) groups is 1. The standard InChI is InChI=1S/C12H16BrNO3/c13-10-3-1-9(2-4-10)5-6-14-8-11(15)7-12(16)17/h1-4,11,14-15H,5-8H2,(H,16,17). The fraction of sp³-hybridized carbons (Fsp3) is 0.417. The third-order valence-electron chi connectivity index (χ3n) is 2.29. The summed E-state index contributed by atoms with van der Waals surface area (Å²) >= 11 is 3.36. The van der Waals surface area contributed by atoms with Gasteiger partial charge in [0.05, 0.1) is 12.5 Å². The Labute approximate surface area is 109 Å². The summed E-state index contributed by atoms with van der Waals surface area (Å²) in [5.74, 6) is -0.979. The van der Waals surface area contributed by atoms with Crippen molar-refractivity contribution < 1.29 is 15.0 Å². The minimum absolute atomic E-state index is 0.217. The van der Waals surface area contributed by atoms with E-state index in [1.165, 1.54) is 5.56 Å². The number of halogens is 1. The highest BCUT2D eigenvalue weighted by Gasteiger charge is 2.08. The van der Waals surface area contributed by atoms with E-state index in [0.29, 0.717) is 6.54 Å². The first-order valence-electron chi connectivity index (χ1n) is 5.43. The molecular formula is C12H16BrNO3. The van der Waals surface area contributed by atoms with Crippen LogP contribution in [-0.2, 0) is 11.2 Å². The highest BCUT2D eigenvalue weighted by atomic mass is 79.9. The van der Waals surface area contributed by atoms with Gasteiger partial charge < -0.3 is 15.5 Å². The predicted molar refractivity (Wildman–Crippen MR) is 69.0 cm³/mol. The average Bonchev–Trinajstić information content (AvgIpc) is 2.26. The molecular weight excluding hydrogens is 286 g/mol. The van der Waals surface area contributed by atoms with Crippen LogP contribution in [0.2, 0.25) is 0 Å². The molecule has 1 aromatic carbocycles. The van der Waals surface area contributed by atoms with Gasteiger partial charge in [-0.3, -0.25) is 4.79 Å². The van der Waals surface area contributed by atoms with Gasteiger partial charge in [0.1, 0.15) is 0 Å². The lowest BCUT2D eigenvalue weighted by Gasteiger charge is -2.09. The summed E-state index contributed by atoms with van der Waals surface area (Å²) in [4.78, 5) is 10.3. The third-order valence-corrected chi connectivity index (χ3v) is 2.82. The second-order valence-corrected chi connectivity index (χ2v) is 4.75. The minimum Gasteiger partial charge on any atom is -0.481 e. The monoisotopic (exact) mass is 301 g/mol. The van der Waals surface area contributed by atoms with Gasteiger partial charge in [-0.2, -0.15) is 0 Å². The second-order valence-electron chi connectivity index (χ2n) is 3.83. The van der Waals surface area contributed by atoms with Crippen LogP contribution in [0.1, 0.15) is 12.0 Å². The molecule has 3 N–H and O–H groups in total. The van der Waals surface area contributed by atoms with Crippen molar-refractivity contribution in [3.63, 3.8) is 0 Å². The number of nitrogens with one attached hydrogen (secondary N) is 1. The Morgan fingerprint density at radius 2 is 2.00 bits per heavy atom.